The Labute approximate surface area is 117 Å². The zero-order valence-corrected chi connectivity index (χ0v) is 11.6. The number of benzene rings is 1. The predicted octanol–water partition coefficient (Wildman–Crippen LogP) is 2.57. The summed E-state index contributed by atoms with van der Waals surface area (Å²) in [6.45, 7) is 0.650. The molecule has 19 heavy (non-hydrogen) atoms. The molecule has 0 bridgehead atoms. The Hall–Kier alpha value is -1.55. The third kappa shape index (κ3) is 3.07. The minimum Gasteiger partial charge on any atom is -0.469 e. The van der Waals surface area contributed by atoms with Crippen LogP contribution in [-0.4, -0.2) is 25.5 Å². The van der Waals surface area contributed by atoms with Crippen LogP contribution in [-0.2, 0) is 20.7 Å². The highest BCUT2D eigenvalue weighted by molar-refractivity contribution is 6.34. The molecule has 0 spiro atoms. The average molecular weight is 282 g/mol. The molecule has 1 heterocycles. The van der Waals surface area contributed by atoms with E-state index in [0.29, 0.717) is 11.6 Å². The van der Waals surface area contributed by atoms with Crippen molar-refractivity contribution < 1.29 is 14.3 Å². The smallest absolute Gasteiger partial charge is 0.306 e. The summed E-state index contributed by atoms with van der Waals surface area (Å²) in [6, 6.07) is 5.66. The number of anilines is 1. The molecule has 1 aliphatic heterocycles. The molecule has 0 aromatic heterocycles. The second kappa shape index (κ2) is 6.06. The maximum atomic E-state index is 12.2. The van der Waals surface area contributed by atoms with Crippen LogP contribution in [0.4, 0.5) is 5.69 Å². The van der Waals surface area contributed by atoms with E-state index in [1.54, 1.807) is 11.0 Å². The zero-order chi connectivity index (χ0) is 13.8. The van der Waals surface area contributed by atoms with E-state index in [1.807, 2.05) is 12.1 Å². The summed E-state index contributed by atoms with van der Waals surface area (Å²) in [7, 11) is 1.32. The molecule has 0 N–H and O–H groups in total. The normalized spacial score (nSPS) is 13.9. The number of carbonyl (C=O) groups is 2. The molecule has 2 rings (SSSR count). The van der Waals surface area contributed by atoms with E-state index in [2.05, 4.69) is 4.74 Å². The summed E-state index contributed by atoms with van der Waals surface area (Å²) in [5.41, 5.74) is 1.88. The summed E-state index contributed by atoms with van der Waals surface area (Å²) in [5.74, 6) is -0.454. The molecule has 5 heteroatoms. The van der Waals surface area contributed by atoms with Crippen molar-refractivity contribution in [1.82, 2.24) is 0 Å². The van der Waals surface area contributed by atoms with E-state index in [-0.39, 0.29) is 24.7 Å². The van der Waals surface area contributed by atoms with Gasteiger partial charge in [-0.15, -0.1) is 0 Å². The first-order valence-electron chi connectivity index (χ1n) is 6.28. The molecule has 1 aliphatic rings. The van der Waals surface area contributed by atoms with Crippen molar-refractivity contribution in [3.63, 3.8) is 0 Å². The molecule has 1 aromatic rings. The van der Waals surface area contributed by atoms with Crippen molar-refractivity contribution in [2.45, 2.75) is 25.7 Å². The number of halogens is 1. The molecule has 4 nitrogen and oxygen atoms in total. The van der Waals surface area contributed by atoms with Crippen LogP contribution in [0.3, 0.4) is 0 Å². The van der Waals surface area contributed by atoms with Crippen molar-refractivity contribution in [3.05, 3.63) is 28.8 Å². The van der Waals surface area contributed by atoms with Crippen molar-refractivity contribution in [2.75, 3.05) is 18.6 Å². The molecule has 1 amide bonds. The summed E-state index contributed by atoms with van der Waals surface area (Å²) < 4.78 is 4.55. The highest BCUT2D eigenvalue weighted by atomic mass is 35.5. The zero-order valence-electron chi connectivity index (χ0n) is 10.8. The monoisotopic (exact) mass is 281 g/mol. The van der Waals surface area contributed by atoms with Gasteiger partial charge in [-0.2, -0.15) is 0 Å². The second-order valence-electron chi connectivity index (χ2n) is 4.47. The standard InChI is InChI=1S/C14H16ClNO3/c1-19-13(18)8-7-12(17)16-9-3-5-10-4-2-6-11(15)14(10)16/h2,4,6H,3,5,7-9H2,1H3. The van der Waals surface area contributed by atoms with Crippen molar-refractivity contribution in [1.29, 1.82) is 0 Å². The van der Waals surface area contributed by atoms with Gasteiger partial charge in [0.05, 0.1) is 24.2 Å². The van der Waals surface area contributed by atoms with Gasteiger partial charge in [0.25, 0.3) is 0 Å². The van der Waals surface area contributed by atoms with E-state index in [9.17, 15) is 9.59 Å². The molecular formula is C14H16ClNO3. The minimum absolute atomic E-state index is 0.0838. The number of aryl methyl sites for hydroxylation is 1. The van der Waals surface area contributed by atoms with Crippen LogP contribution in [0.2, 0.25) is 5.02 Å². The average Bonchev–Trinajstić information content (AvgIpc) is 2.44. The topological polar surface area (TPSA) is 46.6 Å². The lowest BCUT2D eigenvalue weighted by molar-refractivity contribution is -0.141. The predicted molar refractivity (Wildman–Crippen MR) is 73.4 cm³/mol. The van der Waals surface area contributed by atoms with Gasteiger partial charge in [-0.3, -0.25) is 9.59 Å². The maximum Gasteiger partial charge on any atom is 0.306 e. The number of methoxy groups -OCH3 is 1. The fourth-order valence-electron chi connectivity index (χ4n) is 2.30. The number of fused-ring (bicyclic) bond motifs is 1. The van der Waals surface area contributed by atoms with Crippen LogP contribution in [0.15, 0.2) is 18.2 Å². The molecule has 0 aliphatic carbocycles. The van der Waals surface area contributed by atoms with E-state index in [4.69, 9.17) is 11.6 Å². The lowest BCUT2D eigenvalue weighted by atomic mass is 10.0. The largest absolute Gasteiger partial charge is 0.469 e. The van der Waals surface area contributed by atoms with Gasteiger partial charge in [-0.1, -0.05) is 23.7 Å². The molecule has 102 valence electrons. The van der Waals surface area contributed by atoms with Crippen LogP contribution in [0.25, 0.3) is 0 Å². The highest BCUT2D eigenvalue weighted by Gasteiger charge is 2.24. The van der Waals surface area contributed by atoms with Crippen LogP contribution in [0.5, 0.6) is 0 Å². The molecule has 1 aromatic carbocycles. The number of nitrogens with zero attached hydrogens (tertiary/aromatic N) is 1. The number of hydrogen-bond donors (Lipinski definition) is 0. The first-order valence-corrected chi connectivity index (χ1v) is 6.66. The number of carbonyl (C=O) groups excluding carboxylic acids is 2. The van der Waals surface area contributed by atoms with E-state index in [0.717, 1.165) is 24.1 Å². The molecule has 0 radical (unpaired) electrons. The summed E-state index contributed by atoms with van der Waals surface area (Å²) in [6.07, 6.45) is 2.09. The first kappa shape index (κ1) is 13.9. The van der Waals surface area contributed by atoms with Crippen LogP contribution in [0.1, 0.15) is 24.8 Å². The fourth-order valence-corrected chi connectivity index (χ4v) is 2.59. The Balaban J connectivity index is 2.15. The van der Waals surface area contributed by atoms with Gasteiger partial charge >= 0.3 is 5.97 Å². The lowest BCUT2D eigenvalue weighted by Crippen LogP contribution is -2.35. The lowest BCUT2D eigenvalue weighted by Gasteiger charge is -2.30. The van der Waals surface area contributed by atoms with Gasteiger partial charge in [0.2, 0.25) is 5.91 Å². The molecule has 0 atom stereocenters. The van der Waals surface area contributed by atoms with Gasteiger partial charge in [-0.05, 0) is 24.5 Å². The Bertz CT molecular complexity index is 501. The number of para-hydroxylation sites is 1. The van der Waals surface area contributed by atoms with E-state index < -0.39 is 0 Å². The van der Waals surface area contributed by atoms with E-state index >= 15 is 0 Å². The number of rotatable bonds is 3. The van der Waals surface area contributed by atoms with E-state index in [1.165, 1.54) is 7.11 Å². The van der Waals surface area contributed by atoms with Gasteiger partial charge < -0.3 is 9.64 Å². The Morgan fingerprint density at radius 1 is 1.37 bits per heavy atom. The van der Waals surface area contributed by atoms with Crippen LogP contribution >= 0.6 is 11.6 Å². The van der Waals surface area contributed by atoms with Crippen LogP contribution < -0.4 is 4.90 Å². The number of hydrogen-bond acceptors (Lipinski definition) is 3. The SMILES string of the molecule is COC(=O)CCC(=O)N1CCCc2cccc(Cl)c21. The first-order chi connectivity index (χ1) is 9.13. The minimum atomic E-state index is -0.371. The molecule has 0 unspecified atom stereocenters. The summed E-state index contributed by atoms with van der Waals surface area (Å²) >= 11 is 6.19. The maximum absolute atomic E-state index is 12.2. The van der Waals surface area contributed by atoms with Crippen molar-refractivity contribution >= 4 is 29.2 Å². The molecule has 0 fully saturated rings. The highest BCUT2D eigenvalue weighted by Crippen LogP contribution is 2.34. The number of amides is 1. The van der Waals surface area contributed by atoms with Gasteiger partial charge in [0.15, 0.2) is 0 Å². The molecule has 0 saturated carbocycles. The van der Waals surface area contributed by atoms with Crippen molar-refractivity contribution in [3.8, 4) is 0 Å². The summed E-state index contributed by atoms with van der Waals surface area (Å²) in [4.78, 5) is 25.0. The van der Waals surface area contributed by atoms with Gasteiger partial charge in [0, 0.05) is 13.0 Å². The number of ether oxygens (including phenoxy) is 1. The number of esters is 1. The third-order valence-electron chi connectivity index (χ3n) is 3.24. The quantitative estimate of drug-likeness (QED) is 0.800. The second-order valence-corrected chi connectivity index (χ2v) is 4.88. The summed E-state index contributed by atoms with van der Waals surface area (Å²) in [5, 5.41) is 0.587. The van der Waals surface area contributed by atoms with Crippen molar-refractivity contribution in [2.24, 2.45) is 0 Å². The fraction of sp³-hybridized carbons (Fsp3) is 0.429. The van der Waals surface area contributed by atoms with Crippen LogP contribution in [0, 0.1) is 0 Å². The van der Waals surface area contributed by atoms with Gasteiger partial charge in [-0.25, -0.2) is 0 Å². The molecule has 0 saturated heterocycles. The molecular weight excluding hydrogens is 266 g/mol. The Kier molecular flexibility index (Phi) is 4.43. The van der Waals surface area contributed by atoms with Gasteiger partial charge in [0.1, 0.15) is 0 Å². The Morgan fingerprint density at radius 3 is 2.89 bits per heavy atom. The third-order valence-corrected chi connectivity index (χ3v) is 3.54. The Morgan fingerprint density at radius 2 is 2.16 bits per heavy atom.